The Hall–Kier alpha value is -2.53. The molecule has 1 fully saturated rings. The minimum atomic E-state index is 0.144. The summed E-state index contributed by atoms with van der Waals surface area (Å²) >= 11 is 0. The number of hydrogen-bond donors (Lipinski definition) is 1. The summed E-state index contributed by atoms with van der Waals surface area (Å²) in [5.41, 5.74) is 2.00. The van der Waals surface area contributed by atoms with E-state index in [0.717, 1.165) is 56.0 Å². The Labute approximate surface area is 166 Å². The van der Waals surface area contributed by atoms with E-state index in [9.17, 15) is 4.79 Å². The molecule has 0 bridgehead atoms. The Balaban J connectivity index is 1.24. The SMILES string of the molecule is COc1cccc2c1OC[C@@H](CNC1CCN(C(=O)c3ccccc3)CC1)C2. The molecular formula is C23H28N2O3. The molecule has 2 heterocycles. The molecule has 1 amide bonds. The number of para-hydroxylation sites is 1. The summed E-state index contributed by atoms with van der Waals surface area (Å²) < 4.78 is 11.4. The first-order chi connectivity index (χ1) is 13.7. The molecule has 4 rings (SSSR count). The lowest BCUT2D eigenvalue weighted by molar-refractivity contribution is 0.0702. The summed E-state index contributed by atoms with van der Waals surface area (Å²) in [6.07, 6.45) is 3.00. The van der Waals surface area contributed by atoms with E-state index >= 15 is 0 Å². The fourth-order valence-electron chi connectivity index (χ4n) is 4.13. The summed E-state index contributed by atoms with van der Waals surface area (Å²) in [5.74, 6) is 2.32. The van der Waals surface area contributed by atoms with Crippen LogP contribution in [0.25, 0.3) is 0 Å². The van der Waals surface area contributed by atoms with Gasteiger partial charge in [0, 0.05) is 37.2 Å². The van der Waals surface area contributed by atoms with Crippen LogP contribution >= 0.6 is 0 Å². The summed E-state index contributed by atoms with van der Waals surface area (Å²) in [6.45, 7) is 3.28. The first-order valence-electron chi connectivity index (χ1n) is 10.1. The van der Waals surface area contributed by atoms with Crippen molar-refractivity contribution < 1.29 is 14.3 Å². The van der Waals surface area contributed by atoms with Crippen LogP contribution in [0.2, 0.25) is 0 Å². The molecule has 0 radical (unpaired) electrons. The van der Waals surface area contributed by atoms with Gasteiger partial charge >= 0.3 is 0 Å². The standard InChI is InChI=1S/C23H28N2O3/c1-27-21-9-5-8-19-14-17(16-28-22(19)21)15-24-20-10-12-25(13-11-20)23(26)18-6-3-2-4-7-18/h2-9,17,20,24H,10-16H2,1H3/t17-/m1/s1. The van der Waals surface area contributed by atoms with Gasteiger partial charge in [-0.1, -0.05) is 30.3 Å². The van der Waals surface area contributed by atoms with Gasteiger partial charge in [-0.05, 0) is 43.0 Å². The molecule has 5 nitrogen and oxygen atoms in total. The molecule has 0 unspecified atom stereocenters. The number of piperidine rings is 1. The number of nitrogens with zero attached hydrogens (tertiary/aromatic N) is 1. The molecule has 28 heavy (non-hydrogen) atoms. The number of carbonyl (C=O) groups excluding carboxylic acids is 1. The first-order valence-corrected chi connectivity index (χ1v) is 10.1. The van der Waals surface area contributed by atoms with Gasteiger partial charge in [0.25, 0.3) is 5.91 Å². The van der Waals surface area contributed by atoms with Gasteiger partial charge < -0.3 is 19.7 Å². The lowest BCUT2D eigenvalue weighted by atomic mass is 9.95. The van der Waals surface area contributed by atoms with Crippen molar-refractivity contribution in [1.82, 2.24) is 10.2 Å². The largest absolute Gasteiger partial charge is 0.493 e. The summed E-state index contributed by atoms with van der Waals surface area (Å²) in [7, 11) is 1.68. The normalized spacial score (nSPS) is 19.6. The van der Waals surface area contributed by atoms with Crippen LogP contribution in [-0.2, 0) is 6.42 Å². The highest BCUT2D eigenvalue weighted by Crippen LogP contribution is 2.35. The van der Waals surface area contributed by atoms with E-state index in [-0.39, 0.29) is 5.91 Å². The van der Waals surface area contributed by atoms with Gasteiger partial charge in [0.05, 0.1) is 13.7 Å². The van der Waals surface area contributed by atoms with E-state index in [4.69, 9.17) is 9.47 Å². The molecular weight excluding hydrogens is 352 g/mol. The number of fused-ring (bicyclic) bond motifs is 1. The molecule has 1 atom stereocenters. The summed E-state index contributed by atoms with van der Waals surface area (Å²) in [6, 6.07) is 16.1. The number of carbonyl (C=O) groups is 1. The van der Waals surface area contributed by atoms with Crippen molar-refractivity contribution in [2.45, 2.75) is 25.3 Å². The predicted molar refractivity (Wildman–Crippen MR) is 109 cm³/mol. The minimum Gasteiger partial charge on any atom is -0.493 e. The third-order valence-corrected chi connectivity index (χ3v) is 5.75. The topological polar surface area (TPSA) is 50.8 Å². The molecule has 0 aliphatic carbocycles. The fourth-order valence-corrected chi connectivity index (χ4v) is 4.13. The Morgan fingerprint density at radius 1 is 1.14 bits per heavy atom. The van der Waals surface area contributed by atoms with Crippen molar-refractivity contribution in [2.24, 2.45) is 5.92 Å². The van der Waals surface area contributed by atoms with Gasteiger partial charge in [-0.15, -0.1) is 0 Å². The lowest BCUT2D eigenvalue weighted by Gasteiger charge is -2.34. The number of nitrogens with one attached hydrogen (secondary N) is 1. The van der Waals surface area contributed by atoms with Crippen LogP contribution in [-0.4, -0.2) is 50.2 Å². The van der Waals surface area contributed by atoms with Crippen molar-refractivity contribution in [3.05, 3.63) is 59.7 Å². The minimum absolute atomic E-state index is 0.144. The van der Waals surface area contributed by atoms with Crippen LogP contribution in [0.4, 0.5) is 0 Å². The third-order valence-electron chi connectivity index (χ3n) is 5.75. The van der Waals surface area contributed by atoms with Crippen molar-refractivity contribution >= 4 is 5.91 Å². The Kier molecular flexibility index (Phi) is 5.81. The van der Waals surface area contributed by atoms with Crippen LogP contribution < -0.4 is 14.8 Å². The van der Waals surface area contributed by atoms with Gasteiger partial charge in [-0.2, -0.15) is 0 Å². The zero-order valence-corrected chi connectivity index (χ0v) is 16.4. The zero-order valence-electron chi connectivity index (χ0n) is 16.4. The quantitative estimate of drug-likeness (QED) is 0.866. The monoisotopic (exact) mass is 380 g/mol. The maximum Gasteiger partial charge on any atom is 0.253 e. The van der Waals surface area contributed by atoms with Crippen molar-refractivity contribution in [2.75, 3.05) is 33.4 Å². The van der Waals surface area contributed by atoms with Crippen molar-refractivity contribution in [1.29, 1.82) is 0 Å². The van der Waals surface area contributed by atoms with Crippen LogP contribution in [0.5, 0.6) is 11.5 Å². The molecule has 5 heteroatoms. The van der Waals surface area contributed by atoms with Gasteiger partial charge in [0.2, 0.25) is 0 Å². The Morgan fingerprint density at radius 3 is 2.68 bits per heavy atom. The molecule has 148 valence electrons. The average molecular weight is 380 g/mol. The van der Waals surface area contributed by atoms with Gasteiger partial charge in [0.1, 0.15) is 0 Å². The molecule has 2 aliphatic heterocycles. The van der Waals surface area contributed by atoms with E-state index in [1.807, 2.05) is 47.4 Å². The third kappa shape index (κ3) is 4.14. The number of benzene rings is 2. The second-order valence-corrected chi connectivity index (χ2v) is 7.67. The first kappa shape index (κ1) is 18.8. The molecule has 2 aromatic carbocycles. The Bertz CT molecular complexity index is 801. The molecule has 2 aromatic rings. The highest BCUT2D eigenvalue weighted by Gasteiger charge is 2.26. The van der Waals surface area contributed by atoms with E-state index in [1.165, 1.54) is 5.56 Å². The van der Waals surface area contributed by atoms with Crippen LogP contribution in [0.1, 0.15) is 28.8 Å². The highest BCUT2D eigenvalue weighted by molar-refractivity contribution is 5.94. The van der Waals surface area contributed by atoms with Crippen LogP contribution in [0.15, 0.2) is 48.5 Å². The molecule has 1 saturated heterocycles. The second-order valence-electron chi connectivity index (χ2n) is 7.67. The summed E-state index contributed by atoms with van der Waals surface area (Å²) in [4.78, 5) is 14.5. The molecule has 2 aliphatic rings. The maximum atomic E-state index is 12.6. The molecule has 0 aromatic heterocycles. The molecule has 0 saturated carbocycles. The molecule has 0 spiro atoms. The number of hydrogen-bond acceptors (Lipinski definition) is 4. The second kappa shape index (κ2) is 8.65. The Morgan fingerprint density at radius 2 is 1.93 bits per heavy atom. The van der Waals surface area contributed by atoms with Gasteiger partial charge in [-0.25, -0.2) is 0 Å². The van der Waals surface area contributed by atoms with Crippen LogP contribution in [0, 0.1) is 5.92 Å². The van der Waals surface area contributed by atoms with E-state index < -0.39 is 0 Å². The van der Waals surface area contributed by atoms with Crippen molar-refractivity contribution in [3.63, 3.8) is 0 Å². The highest BCUT2D eigenvalue weighted by atomic mass is 16.5. The van der Waals surface area contributed by atoms with Crippen molar-refractivity contribution in [3.8, 4) is 11.5 Å². The van der Waals surface area contributed by atoms with Crippen LogP contribution in [0.3, 0.4) is 0 Å². The van der Waals surface area contributed by atoms with E-state index in [0.29, 0.717) is 18.6 Å². The number of amides is 1. The van der Waals surface area contributed by atoms with E-state index in [2.05, 4.69) is 11.4 Å². The number of likely N-dealkylation sites (tertiary alicyclic amines) is 1. The van der Waals surface area contributed by atoms with Gasteiger partial charge in [0.15, 0.2) is 11.5 Å². The fraction of sp³-hybridized carbons (Fsp3) is 0.435. The molecule has 1 N–H and O–H groups in total. The average Bonchev–Trinajstić information content (AvgIpc) is 2.77. The summed E-state index contributed by atoms with van der Waals surface area (Å²) in [5, 5.41) is 3.70. The van der Waals surface area contributed by atoms with E-state index in [1.54, 1.807) is 7.11 Å². The lowest BCUT2D eigenvalue weighted by Crippen LogP contribution is -2.46. The number of methoxy groups -OCH3 is 1. The van der Waals surface area contributed by atoms with Gasteiger partial charge in [-0.3, -0.25) is 4.79 Å². The zero-order chi connectivity index (χ0) is 19.3. The predicted octanol–water partition coefficient (Wildman–Crippen LogP) is 3.14. The maximum absolute atomic E-state index is 12.6. The smallest absolute Gasteiger partial charge is 0.253 e. The number of ether oxygens (including phenoxy) is 2. The number of rotatable bonds is 5.